The van der Waals surface area contributed by atoms with E-state index < -0.39 is 26.7 Å². The summed E-state index contributed by atoms with van der Waals surface area (Å²) in [7, 11) is -9.82. The minimum atomic E-state index is -9.82. The Bertz CT molecular complexity index is 803. The van der Waals surface area contributed by atoms with Crippen molar-refractivity contribution in [3.05, 3.63) is 29.5 Å². The number of carbonyl (C=O) groups excluding carboxylic acids is 1. The number of esters is 1. The summed E-state index contributed by atoms with van der Waals surface area (Å²) in [5, 5.41) is -0.248. The van der Waals surface area contributed by atoms with Crippen LogP contribution in [0.1, 0.15) is 36.8 Å². The summed E-state index contributed by atoms with van der Waals surface area (Å²) in [6.45, 7) is 6.23. The molecule has 0 aliphatic carbocycles. The van der Waals surface area contributed by atoms with E-state index in [0.717, 1.165) is 6.07 Å². The summed E-state index contributed by atoms with van der Waals surface area (Å²) in [4.78, 5) is 12.8. The number of hydrogen-bond acceptors (Lipinski definition) is 2. The molecule has 2 rings (SSSR count). The van der Waals surface area contributed by atoms with E-state index in [-0.39, 0.29) is 22.2 Å². The SMILES string of the molecule is Cc1[nH]c2ccc(S(F)(F)(F)(F)F)cc2c1C(=O)OC(C)(C)C. The van der Waals surface area contributed by atoms with E-state index in [1.54, 1.807) is 20.8 Å². The summed E-state index contributed by atoms with van der Waals surface area (Å²) in [5.74, 6) is -0.874. The molecule has 0 radical (unpaired) electrons. The molecule has 0 fully saturated rings. The van der Waals surface area contributed by atoms with Gasteiger partial charge in [0.05, 0.1) is 5.56 Å². The molecule has 23 heavy (non-hydrogen) atoms. The van der Waals surface area contributed by atoms with Crippen LogP contribution in [-0.4, -0.2) is 16.6 Å². The first-order valence-corrected chi connectivity index (χ1v) is 8.53. The van der Waals surface area contributed by atoms with E-state index in [1.807, 2.05) is 0 Å². The second-order valence-corrected chi connectivity index (χ2v) is 8.71. The molecule has 0 aliphatic heterocycles. The lowest BCUT2D eigenvalue weighted by molar-refractivity contribution is 0.00710. The molecule has 0 amide bonds. The van der Waals surface area contributed by atoms with Crippen LogP contribution in [-0.2, 0) is 4.74 Å². The largest absolute Gasteiger partial charge is 0.456 e. The molecule has 3 nitrogen and oxygen atoms in total. The number of fused-ring (bicyclic) bond motifs is 1. The van der Waals surface area contributed by atoms with Crippen molar-refractivity contribution in [1.29, 1.82) is 0 Å². The number of halogens is 5. The van der Waals surface area contributed by atoms with Gasteiger partial charge in [0.1, 0.15) is 10.5 Å². The Balaban J connectivity index is 2.68. The van der Waals surface area contributed by atoms with E-state index in [1.165, 1.54) is 6.92 Å². The van der Waals surface area contributed by atoms with Crippen LogP contribution in [0.25, 0.3) is 10.9 Å². The summed E-state index contributed by atoms with van der Waals surface area (Å²) in [6.07, 6.45) is 0. The second-order valence-electron chi connectivity index (χ2n) is 6.30. The van der Waals surface area contributed by atoms with E-state index >= 15 is 0 Å². The van der Waals surface area contributed by atoms with Crippen molar-refractivity contribution < 1.29 is 29.0 Å². The van der Waals surface area contributed by atoms with Crippen LogP contribution in [0.15, 0.2) is 23.1 Å². The summed E-state index contributed by atoms with van der Waals surface area (Å²) in [6, 6.07) is 1.47. The smallest absolute Gasteiger partial charge is 0.341 e. The van der Waals surface area contributed by atoms with E-state index in [2.05, 4.69) is 4.98 Å². The second kappa shape index (κ2) is 4.19. The Kier molecular flexibility index (Phi) is 3.21. The molecule has 0 unspecified atom stereocenters. The molecule has 0 atom stereocenters. The van der Waals surface area contributed by atoms with Gasteiger partial charge in [0.2, 0.25) is 0 Å². The molecule has 9 heteroatoms. The van der Waals surface area contributed by atoms with Gasteiger partial charge >= 0.3 is 16.2 Å². The Morgan fingerprint density at radius 1 is 1.13 bits per heavy atom. The number of ether oxygens (including phenoxy) is 1. The number of aryl methyl sites for hydroxylation is 1. The number of aromatic amines is 1. The van der Waals surface area contributed by atoms with Crippen molar-refractivity contribution >= 4 is 27.1 Å². The minimum absolute atomic E-state index is 0.147. The molecule has 1 aromatic heterocycles. The zero-order valence-corrected chi connectivity index (χ0v) is 13.7. The molecular weight excluding hydrogens is 341 g/mol. The third kappa shape index (κ3) is 3.77. The van der Waals surface area contributed by atoms with Crippen molar-refractivity contribution in [1.82, 2.24) is 4.98 Å². The predicted molar refractivity (Wildman–Crippen MR) is 79.6 cm³/mol. The normalized spacial score (nSPS) is 16.0. The molecule has 0 saturated heterocycles. The van der Waals surface area contributed by atoms with Crippen molar-refractivity contribution in [3.8, 4) is 0 Å². The average Bonchev–Trinajstić information content (AvgIpc) is 2.58. The van der Waals surface area contributed by atoms with Gasteiger partial charge in [-0.2, -0.15) is 0 Å². The van der Waals surface area contributed by atoms with Crippen LogP contribution < -0.4 is 0 Å². The van der Waals surface area contributed by atoms with Crippen molar-refractivity contribution in [2.75, 3.05) is 0 Å². The molecule has 0 aliphatic rings. The highest BCUT2D eigenvalue weighted by atomic mass is 32.5. The first-order chi connectivity index (χ1) is 9.98. The van der Waals surface area contributed by atoms with E-state index in [4.69, 9.17) is 4.74 Å². The molecule has 1 N–H and O–H groups in total. The van der Waals surface area contributed by atoms with Crippen LogP contribution in [0, 0.1) is 6.92 Å². The highest BCUT2D eigenvalue weighted by Crippen LogP contribution is 3.02. The van der Waals surface area contributed by atoms with Crippen molar-refractivity contribution in [2.24, 2.45) is 0 Å². The molecule has 1 heterocycles. The lowest BCUT2D eigenvalue weighted by atomic mass is 10.1. The molecule has 0 saturated carbocycles. The average molecular weight is 357 g/mol. The number of rotatable bonds is 2. The van der Waals surface area contributed by atoms with Gasteiger partial charge in [0.15, 0.2) is 0 Å². The van der Waals surface area contributed by atoms with Crippen LogP contribution >= 0.6 is 10.2 Å². The zero-order valence-electron chi connectivity index (χ0n) is 12.8. The number of nitrogens with one attached hydrogen (secondary N) is 1. The van der Waals surface area contributed by atoms with Gasteiger partial charge in [-0.1, -0.05) is 19.4 Å². The van der Waals surface area contributed by atoms with Crippen molar-refractivity contribution in [2.45, 2.75) is 38.2 Å². The van der Waals surface area contributed by atoms with Crippen LogP contribution in [0.3, 0.4) is 0 Å². The molecule has 0 spiro atoms. The summed E-state index contributed by atoms with van der Waals surface area (Å²) >= 11 is 0. The lowest BCUT2D eigenvalue weighted by Gasteiger charge is -2.40. The number of H-pyrrole nitrogens is 1. The first-order valence-electron chi connectivity index (χ1n) is 6.58. The third-order valence-electron chi connectivity index (χ3n) is 3.01. The Hall–Kier alpha value is -1.77. The maximum absolute atomic E-state index is 13.0. The van der Waals surface area contributed by atoms with Crippen LogP contribution in [0.5, 0.6) is 0 Å². The van der Waals surface area contributed by atoms with Gasteiger partial charge in [-0.15, -0.1) is 0 Å². The Morgan fingerprint density at radius 2 is 1.70 bits per heavy atom. The van der Waals surface area contributed by atoms with Crippen LogP contribution in [0.2, 0.25) is 0 Å². The molecule has 130 valence electrons. The Labute approximate surface area is 129 Å². The van der Waals surface area contributed by atoms with E-state index in [9.17, 15) is 24.2 Å². The van der Waals surface area contributed by atoms with Crippen LogP contribution in [0.4, 0.5) is 19.4 Å². The predicted octanol–water partition coefficient (Wildman–Crippen LogP) is 6.09. The maximum Gasteiger partial charge on any atom is 0.341 e. The fraction of sp³-hybridized carbons (Fsp3) is 0.357. The highest BCUT2D eigenvalue weighted by Gasteiger charge is 2.65. The van der Waals surface area contributed by atoms with Gasteiger partial charge < -0.3 is 9.72 Å². The van der Waals surface area contributed by atoms with Gasteiger partial charge in [-0.3, -0.25) is 0 Å². The summed E-state index contributed by atoms with van der Waals surface area (Å²) in [5.41, 5.74) is -0.661. The van der Waals surface area contributed by atoms with E-state index in [0.29, 0.717) is 12.1 Å². The fourth-order valence-electron chi connectivity index (χ4n) is 2.14. The number of hydrogen-bond donors (Lipinski definition) is 1. The standard InChI is InChI=1S/C14H16F5NO2S/c1-8-12(13(21)22-14(2,3)4)10-7-9(5-6-11(10)20-8)23(15,16,17,18)19/h5-7,20H,1-4H3. The van der Waals surface area contributed by atoms with Crippen molar-refractivity contribution in [3.63, 3.8) is 0 Å². The van der Waals surface area contributed by atoms with Gasteiger partial charge in [0, 0.05) is 16.6 Å². The lowest BCUT2D eigenvalue weighted by Crippen LogP contribution is -2.24. The number of benzene rings is 1. The third-order valence-corrected chi connectivity index (χ3v) is 4.15. The van der Waals surface area contributed by atoms with Gasteiger partial charge in [0.25, 0.3) is 0 Å². The number of carbonyl (C=O) groups is 1. The molecule has 0 bridgehead atoms. The number of aromatic nitrogens is 1. The maximum atomic E-state index is 13.0. The molecular formula is C14H16F5NO2S. The fourth-order valence-corrected chi connectivity index (χ4v) is 2.80. The van der Waals surface area contributed by atoms with Gasteiger partial charge in [-0.25, -0.2) is 4.79 Å². The minimum Gasteiger partial charge on any atom is -0.456 e. The molecule has 1 aromatic carbocycles. The Morgan fingerprint density at radius 3 is 2.17 bits per heavy atom. The zero-order chi connectivity index (χ0) is 17.9. The monoisotopic (exact) mass is 357 g/mol. The topological polar surface area (TPSA) is 42.1 Å². The first kappa shape index (κ1) is 17.6. The van der Waals surface area contributed by atoms with Gasteiger partial charge in [-0.05, 0) is 45.9 Å². The summed E-state index contributed by atoms with van der Waals surface area (Å²) < 4.78 is 69.9. The highest BCUT2D eigenvalue weighted by molar-refractivity contribution is 8.45. The molecule has 2 aromatic rings. The quantitative estimate of drug-likeness (QED) is 0.522.